The Kier molecular flexibility index (Phi) is 16.2. The highest BCUT2D eigenvalue weighted by Gasteiger charge is 2.27. The van der Waals surface area contributed by atoms with Crippen LogP contribution in [0, 0.1) is 13.8 Å². The lowest BCUT2D eigenvalue weighted by atomic mass is 9.93. The maximum Gasteiger partial charge on any atom is 0.407 e. The van der Waals surface area contributed by atoms with Gasteiger partial charge in [0.1, 0.15) is 22.5 Å². The second-order valence-electron chi connectivity index (χ2n) is 13.6. The van der Waals surface area contributed by atoms with Crippen molar-refractivity contribution in [3.8, 4) is 5.88 Å². The van der Waals surface area contributed by atoms with Gasteiger partial charge in [-0.2, -0.15) is 4.98 Å². The quantitative estimate of drug-likeness (QED) is 0.213. The molecule has 0 radical (unpaired) electrons. The number of aromatic nitrogens is 4. The zero-order valence-corrected chi connectivity index (χ0v) is 30.8. The van der Waals surface area contributed by atoms with E-state index < -0.39 is 11.2 Å². The molecule has 4 unspecified atom stereocenters. The molecule has 2 amide bonds. The predicted octanol–water partition coefficient (Wildman–Crippen LogP) is 7.56. The summed E-state index contributed by atoms with van der Waals surface area (Å²) in [6, 6.07) is 3.51. The van der Waals surface area contributed by atoms with Crippen LogP contribution in [0.5, 0.6) is 5.88 Å². The van der Waals surface area contributed by atoms with Crippen molar-refractivity contribution in [3.63, 3.8) is 0 Å². The van der Waals surface area contributed by atoms with E-state index in [0.717, 1.165) is 56.3 Å². The monoisotopic (exact) mass is 718 g/mol. The van der Waals surface area contributed by atoms with Crippen LogP contribution < -0.4 is 15.4 Å². The van der Waals surface area contributed by atoms with Crippen molar-refractivity contribution < 1.29 is 28.9 Å². The summed E-state index contributed by atoms with van der Waals surface area (Å²) in [6.07, 6.45) is 5.85. The van der Waals surface area contributed by atoms with Gasteiger partial charge in [-0.25, -0.2) is 24.5 Å². The predicted molar refractivity (Wildman–Crippen MR) is 182 cm³/mol. The van der Waals surface area contributed by atoms with Crippen molar-refractivity contribution in [2.75, 3.05) is 0 Å². The lowest BCUT2D eigenvalue weighted by Gasteiger charge is -2.30. The third-order valence-electron chi connectivity index (χ3n) is 6.60. The van der Waals surface area contributed by atoms with Crippen molar-refractivity contribution in [1.82, 2.24) is 30.6 Å². The number of ether oxygens (including phenoxy) is 3. The summed E-state index contributed by atoms with van der Waals surface area (Å²) in [4.78, 5) is 38.8. The summed E-state index contributed by atoms with van der Waals surface area (Å²) >= 11 is 16.8. The van der Waals surface area contributed by atoms with Crippen molar-refractivity contribution >= 4 is 47.0 Å². The molecular formula is C32H49Cl3N6O6. The van der Waals surface area contributed by atoms with Crippen LogP contribution in [0.4, 0.5) is 9.59 Å². The lowest BCUT2D eigenvalue weighted by Crippen LogP contribution is -2.43. The second-order valence-corrected chi connectivity index (χ2v) is 14.7. The number of aliphatic hydroxyl groups excluding tert-OH is 1. The second kappa shape index (κ2) is 18.8. The molecule has 2 saturated carbocycles. The largest absolute Gasteiger partial charge is 0.474 e. The summed E-state index contributed by atoms with van der Waals surface area (Å²) < 4.78 is 16.3. The molecule has 0 saturated heterocycles. The van der Waals surface area contributed by atoms with Crippen LogP contribution in [0.15, 0.2) is 12.1 Å². The molecule has 3 N–H and O–H groups in total. The van der Waals surface area contributed by atoms with Gasteiger partial charge in [0.15, 0.2) is 0 Å². The SMILES string of the molecule is CC(C)(C)OC(=O)NC1CCCC(O)C1.Cc1cc(Cl)nc(Cl)n1.Cc1cc(OC2CCCC(NC(=O)OC(C)(C)C)C2)nc(Cl)n1. The molecule has 0 bridgehead atoms. The Morgan fingerprint density at radius 3 is 1.70 bits per heavy atom. The van der Waals surface area contributed by atoms with Gasteiger partial charge in [-0.05, 0) is 130 Å². The van der Waals surface area contributed by atoms with E-state index in [-0.39, 0.29) is 47.0 Å². The first-order valence-electron chi connectivity index (χ1n) is 15.8. The minimum Gasteiger partial charge on any atom is -0.474 e. The highest BCUT2D eigenvalue weighted by atomic mass is 35.5. The molecule has 15 heteroatoms. The number of amides is 2. The Morgan fingerprint density at radius 2 is 1.23 bits per heavy atom. The minimum absolute atomic E-state index is 0.00551. The maximum atomic E-state index is 11.9. The van der Waals surface area contributed by atoms with Crippen LogP contribution in [0.1, 0.15) is 104 Å². The van der Waals surface area contributed by atoms with E-state index in [1.165, 1.54) is 0 Å². The topological polar surface area (TPSA) is 158 Å². The first-order chi connectivity index (χ1) is 21.8. The van der Waals surface area contributed by atoms with Crippen LogP contribution >= 0.6 is 34.8 Å². The Bertz CT molecular complexity index is 1240. The van der Waals surface area contributed by atoms with Gasteiger partial charge in [0.2, 0.25) is 16.4 Å². The standard InChI is InChI=1S/C16H24ClN3O3.C11H21NO3.C5H4Cl2N2/c1-10-8-13(20-14(17)18-10)22-12-7-5-6-11(9-12)19-15(21)23-16(2,3)4;1-11(2,3)15-10(14)12-8-5-4-6-9(13)7-8;1-3-2-4(6)9-5(7)8-3/h8,11-12H,5-7,9H2,1-4H3,(H,19,21);8-9,13H,4-7H2,1-3H3,(H,12,14);2H,1H3. The van der Waals surface area contributed by atoms with Gasteiger partial charge in [-0.15, -0.1) is 0 Å². The molecule has 47 heavy (non-hydrogen) atoms. The molecule has 2 aliphatic carbocycles. The number of hydrogen-bond acceptors (Lipinski definition) is 10. The molecule has 2 aromatic heterocycles. The average Bonchev–Trinajstić information content (AvgIpc) is 2.86. The molecule has 4 atom stereocenters. The van der Waals surface area contributed by atoms with Gasteiger partial charge in [0.05, 0.1) is 6.10 Å². The van der Waals surface area contributed by atoms with Crippen molar-refractivity contribution in [1.29, 1.82) is 0 Å². The summed E-state index contributed by atoms with van der Waals surface area (Å²) in [6.45, 7) is 14.7. The fraction of sp³-hybridized carbons (Fsp3) is 0.688. The van der Waals surface area contributed by atoms with Crippen LogP contribution in [0.25, 0.3) is 0 Å². The first kappa shape index (κ1) is 40.5. The van der Waals surface area contributed by atoms with Crippen LogP contribution in [-0.2, 0) is 9.47 Å². The number of aryl methyl sites for hydroxylation is 2. The van der Waals surface area contributed by atoms with Gasteiger partial charge in [0.25, 0.3) is 0 Å². The Morgan fingerprint density at radius 1 is 0.745 bits per heavy atom. The molecule has 0 aromatic carbocycles. The smallest absolute Gasteiger partial charge is 0.407 e. The van der Waals surface area contributed by atoms with E-state index in [4.69, 9.17) is 49.0 Å². The van der Waals surface area contributed by atoms with Crippen molar-refractivity contribution in [3.05, 3.63) is 39.2 Å². The Labute approximate surface area is 293 Å². The fourth-order valence-corrected chi connectivity index (χ4v) is 5.58. The summed E-state index contributed by atoms with van der Waals surface area (Å²) in [7, 11) is 0. The minimum atomic E-state index is -0.496. The Balaban J connectivity index is 0.000000273. The van der Waals surface area contributed by atoms with Gasteiger partial charge in [-0.3, -0.25) is 0 Å². The Hall–Kier alpha value is -2.67. The summed E-state index contributed by atoms with van der Waals surface area (Å²) in [5.41, 5.74) is 0.584. The van der Waals surface area contributed by atoms with E-state index in [0.29, 0.717) is 17.5 Å². The van der Waals surface area contributed by atoms with Gasteiger partial charge >= 0.3 is 12.2 Å². The maximum absolute atomic E-state index is 11.9. The van der Waals surface area contributed by atoms with E-state index in [9.17, 15) is 14.7 Å². The van der Waals surface area contributed by atoms with Crippen molar-refractivity contribution in [2.45, 2.75) is 142 Å². The van der Waals surface area contributed by atoms with Crippen LogP contribution in [-0.4, -0.2) is 72.7 Å². The third kappa shape index (κ3) is 18.5. The number of alkyl carbamates (subject to hydrolysis) is 2. The van der Waals surface area contributed by atoms with Gasteiger partial charge in [-0.1, -0.05) is 11.6 Å². The van der Waals surface area contributed by atoms with E-state index >= 15 is 0 Å². The number of halogens is 3. The molecule has 2 heterocycles. The fourth-order valence-electron chi connectivity index (χ4n) is 4.86. The van der Waals surface area contributed by atoms with Crippen LogP contribution in [0.3, 0.4) is 0 Å². The third-order valence-corrected chi connectivity index (χ3v) is 7.13. The summed E-state index contributed by atoms with van der Waals surface area (Å²) in [5.74, 6) is 0.477. The van der Waals surface area contributed by atoms with E-state index in [1.54, 1.807) is 19.1 Å². The van der Waals surface area contributed by atoms with Crippen molar-refractivity contribution in [2.24, 2.45) is 0 Å². The summed E-state index contributed by atoms with van der Waals surface area (Å²) in [5, 5.41) is 15.9. The molecule has 4 rings (SSSR count). The molecular weight excluding hydrogens is 671 g/mol. The number of aliphatic hydroxyl groups is 1. The molecule has 12 nitrogen and oxygen atoms in total. The normalized spacial score (nSPS) is 21.1. The van der Waals surface area contributed by atoms with E-state index in [1.807, 2.05) is 48.5 Å². The molecule has 0 spiro atoms. The van der Waals surface area contributed by atoms with E-state index in [2.05, 4.69) is 30.6 Å². The number of carbonyl (C=O) groups excluding carboxylic acids is 2. The van der Waals surface area contributed by atoms with Crippen LogP contribution in [0.2, 0.25) is 15.7 Å². The zero-order chi connectivity index (χ0) is 35.4. The average molecular weight is 720 g/mol. The van der Waals surface area contributed by atoms with Gasteiger partial charge in [0, 0.05) is 36.0 Å². The number of hydrogen-bond donors (Lipinski definition) is 3. The number of nitrogens with zero attached hydrogens (tertiary/aromatic N) is 4. The molecule has 2 aromatic rings. The lowest BCUT2D eigenvalue weighted by molar-refractivity contribution is 0.0441. The first-order valence-corrected chi connectivity index (χ1v) is 16.9. The zero-order valence-electron chi connectivity index (χ0n) is 28.5. The van der Waals surface area contributed by atoms with Gasteiger partial charge < -0.3 is 30.0 Å². The number of rotatable bonds is 4. The molecule has 2 aliphatic rings. The highest BCUT2D eigenvalue weighted by molar-refractivity contribution is 6.31. The molecule has 2 fully saturated rings. The highest BCUT2D eigenvalue weighted by Crippen LogP contribution is 2.24. The molecule has 264 valence electrons. The number of carbonyl (C=O) groups is 2. The molecule has 0 aliphatic heterocycles. The number of nitrogens with one attached hydrogen (secondary N) is 2.